The highest BCUT2D eigenvalue weighted by Crippen LogP contribution is 2.49. The Morgan fingerprint density at radius 1 is 1.18 bits per heavy atom. The number of nitrogens with zero attached hydrogens (tertiary/aromatic N) is 2. The zero-order valence-corrected chi connectivity index (χ0v) is 9.58. The molecule has 0 aliphatic rings. The van der Waals surface area contributed by atoms with Crippen molar-refractivity contribution in [2.24, 2.45) is 0 Å². The quantitative estimate of drug-likeness (QED) is 0.624. The Balaban J connectivity index is 4.40. The second-order valence-corrected chi connectivity index (χ2v) is 7.72. The molecular weight excluding hydrogens is 179 g/mol. The molecule has 0 aliphatic heterocycles. The van der Waals surface area contributed by atoms with Gasteiger partial charge in [0.1, 0.15) is 12.7 Å². The highest BCUT2D eigenvalue weighted by Gasteiger charge is 2.21. The Hall–Kier alpha value is 0.530. The van der Waals surface area contributed by atoms with Crippen LogP contribution in [0.15, 0.2) is 0 Å². The van der Waals surface area contributed by atoms with Crippen molar-refractivity contribution in [3.8, 4) is 0 Å². The Morgan fingerprint density at radius 2 is 1.55 bits per heavy atom. The monoisotopic (exact) mass is 196 g/mol. The molecule has 0 amide bonds. The van der Waals surface area contributed by atoms with Crippen LogP contribution >= 0.6 is 6.34 Å². The van der Waals surface area contributed by atoms with Gasteiger partial charge < -0.3 is 4.74 Å². The highest BCUT2D eigenvalue weighted by molar-refractivity contribution is 8.12. The van der Waals surface area contributed by atoms with Crippen LogP contribution in [0.1, 0.15) is 0 Å². The summed E-state index contributed by atoms with van der Waals surface area (Å²) in [5.74, 6) is 0. The van der Waals surface area contributed by atoms with Gasteiger partial charge in [0, 0.05) is 7.11 Å². The first-order valence-electron chi connectivity index (χ1n) is 3.38. The second kappa shape index (κ2) is 4.53. The van der Waals surface area contributed by atoms with Gasteiger partial charge in [-0.25, -0.2) is 0 Å². The first-order chi connectivity index (χ1) is 4.95. The van der Waals surface area contributed by atoms with E-state index in [1.165, 1.54) is 0 Å². The van der Waals surface area contributed by atoms with Gasteiger partial charge in [-0.05, 0) is 28.2 Å². The Morgan fingerprint density at radius 3 is 1.64 bits per heavy atom. The molecule has 0 N–H and O–H groups in total. The van der Waals surface area contributed by atoms with Crippen molar-refractivity contribution in [3.05, 3.63) is 0 Å². The van der Waals surface area contributed by atoms with Crippen LogP contribution in [0.5, 0.6) is 0 Å². The van der Waals surface area contributed by atoms with E-state index in [1.54, 1.807) is 7.11 Å². The topological polar surface area (TPSA) is 15.7 Å². The van der Waals surface area contributed by atoms with E-state index in [2.05, 4.69) is 9.34 Å². The van der Waals surface area contributed by atoms with Crippen molar-refractivity contribution in [1.82, 2.24) is 9.34 Å². The first kappa shape index (κ1) is 11.5. The van der Waals surface area contributed by atoms with Crippen molar-refractivity contribution in [1.29, 1.82) is 0 Å². The Kier molecular flexibility index (Phi) is 4.75. The van der Waals surface area contributed by atoms with Gasteiger partial charge in [-0.15, -0.1) is 0 Å². The van der Waals surface area contributed by atoms with Gasteiger partial charge in [0.05, 0.1) is 0 Å². The SMILES string of the molecule is COCP(=S)(N(C)C)N(C)C. The van der Waals surface area contributed by atoms with Crippen LogP contribution in [0.4, 0.5) is 0 Å². The van der Waals surface area contributed by atoms with Crippen molar-refractivity contribution in [2.75, 3.05) is 41.6 Å². The summed E-state index contributed by atoms with van der Waals surface area (Å²) in [6, 6.07) is 0. The van der Waals surface area contributed by atoms with Gasteiger partial charge in [-0.2, -0.15) is 0 Å². The van der Waals surface area contributed by atoms with Crippen molar-refractivity contribution in [2.45, 2.75) is 0 Å². The molecule has 0 saturated heterocycles. The standard InChI is InChI=1S/C6H17N2OPS/c1-7(2)10(11,6-9-5)8(3)4/h6H2,1-5H3. The molecule has 11 heavy (non-hydrogen) atoms. The Bertz CT molecular complexity index is 149. The lowest BCUT2D eigenvalue weighted by molar-refractivity contribution is 0.245. The molecule has 0 spiro atoms. The average molecular weight is 196 g/mol. The minimum Gasteiger partial charge on any atom is -0.377 e. The minimum absolute atomic E-state index is 0.641. The van der Waals surface area contributed by atoms with Gasteiger partial charge in [-0.1, -0.05) is 11.8 Å². The van der Waals surface area contributed by atoms with Crippen molar-refractivity contribution < 1.29 is 4.74 Å². The molecule has 0 radical (unpaired) electrons. The summed E-state index contributed by atoms with van der Waals surface area (Å²) < 4.78 is 9.24. The molecular formula is C6H17N2OPS. The summed E-state index contributed by atoms with van der Waals surface area (Å²) in [6.07, 6.45) is -0.944. The van der Waals surface area contributed by atoms with E-state index in [0.29, 0.717) is 6.35 Å². The smallest absolute Gasteiger partial charge is 0.102 e. The fourth-order valence-electron chi connectivity index (χ4n) is 0.757. The molecule has 0 atom stereocenters. The Labute approximate surface area is 74.4 Å². The predicted molar refractivity (Wildman–Crippen MR) is 53.5 cm³/mol. The van der Waals surface area contributed by atoms with Crippen LogP contribution in [0.25, 0.3) is 0 Å². The molecule has 0 rings (SSSR count). The molecule has 0 aliphatic carbocycles. The molecule has 0 aromatic rings. The molecule has 68 valence electrons. The fraction of sp³-hybridized carbons (Fsp3) is 1.00. The summed E-state index contributed by atoms with van der Waals surface area (Å²) in [5.41, 5.74) is 0. The van der Waals surface area contributed by atoms with E-state index >= 15 is 0 Å². The third-order valence-electron chi connectivity index (χ3n) is 1.55. The molecule has 5 heteroatoms. The molecule has 0 unspecified atom stereocenters. The zero-order chi connectivity index (χ0) is 9.07. The summed E-state index contributed by atoms with van der Waals surface area (Å²) in [4.78, 5) is 0. The summed E-state index contributed by atoms with van der Waals surface area (Å²) in [7, 11) is 9.69. The van der Waals surface area contributed by atoms with Gasteiger partial charge in [0.15, 0.2) is 0 Å². The molecule has 0 saturated carbocycles. The van der Waals surface area contributed by atoms with Crippen LogP contribution in [-0.2, 0) is 16.5 Å². The van der Waals surface area contributed by atoms with Gasteiger partial charge >= 0.3 is 0 Å². The normalized spacial score (nSPS) is 13.0. The summed E-state index contributed by atoms with van der Waals surface area (Å²) in [5, 5.41) is 0. The minimum atomic E-state index is -1.59. The van der Waals surface area contributed by atoms with Gasteiger partial charge in [-0.3, -0.25) is 9.34 Å². The van der Waals surface area contributed by atoms with E-state index in [4.69, 9.17) is 16.5 Å². The lowest BCUT2D eigenvalue weighted by atomic mass is 11.3. The van der Waals surface area contributed by atoms with E-state index in [0.717, 1.165) is 0 Å². The summed E-state index contributed by atoms with van der Waals surface area (Å²) >= 11 is 5.49. The number of methoxy groups -OCH3 is 1. The maximum absolute atomic E-state index is 5.49. The van der Waals surface area contributed by atoms with E-state index in [9.17, 15) is 0 Å². The van der Waals surface area contributed by atoms with Gasteiger partial charge in [0.2, 0.25) is 0 Å². The molecule has 0 aromatic carbocycles. The first-order valence-corrected chi connectivity index (χ1v) is 6.28. The largest absolute Gasteiger partial charge is 0.377 e. The van der Waals surface area contributed by atoms with Crippen molar-refractivity contribution in [3.63, 3.8) is 0 Å². The highest BCUT2D eigenvalue weighted by atomic mass is 32.4. The zero-order valence-electron chi connectivity index (χ0n) is 7.87. The van der Waals surface area contributed by atoms with Crippen LogP contribution in [-0.4, -0.2) is 51.0 Å². The average Bonchev–Trinajstić information content (AvgIpc) is 1.87. The van der Waals surface area contributed by atoms with Crippen LogP contribution < -0.4 is 0 Å². The third kappa shape index (κ3) is 2.80. The molecule has 0 fully saturated rings. The van der Waals surface area contributed by atoms with E-state index in [1.807, 2.05) is 28.2 Å². The van der Waals surface area contributed by atoms with Crippen LogP contribution in [0.2, 0.25) is 0 Å². The van der Waals surface area contributed by atoms with E-state index < -0.39 is 6.34 Å². The molecule has 0 bridgehead atoms. The molecule has 3 nitrogen and oxygen atoms in total. The number of rotatable bonds is 4. The lowest BCUT2D eigenvalue weighted by Crippen LogP contribution is -2.23. The predicted octanol–water partition coefficient (Wildman–Crippen LogP) is 1.02. The fourth-order valence-corrected chi connectivity index (χ4v) is 2.59. The van der Waals surface area contributed by atoms with Crippen LogP contribution in [0, 0.1) is 0 Å². The molecule has 0 aromatic heterocycles. The number of hydrogen-bond acceptors (Lipinski definition) is 2. The maximum Gasteiger partial charge on any atom is 0.102 e. The van der Waals surface area contributed by atoms with Crippen molar-refractivity contribution >= 4 is 18.1 Å². The molecule has 0 heterocycles. The number of ether oxygens (including phenoxy) is 1. The summed E-state index contributed by atoms with van der Waals surface area (Å²) in [6.45, 7) is 0. The lowest BCUT2D eigenvalue weighted by Gasteiger charge is -2.33. The van der Waals surface area contributed by atoms with Gasteiger partial charge in [0.25, 0.3) is 0 Å². The second-order valence-electron chi connectivity index (χ2n) is 2.78. The third-order valence-corrected chi connectivity index (χ3v) is 6.92. The maximum atomic E-state index is 5.49. The van der Waals surface area contributed by atoms with Crippen LogP contribution in [0.3, 0.4) is 0 Å². The number of hydrogen-bond donors (Lipinski definition) is 0. The van der Waals surface area contributed by atoms with E-state index in [-0.39, 0.29) is 0 Å².